The van der Waals surface area contributed by atoms with Crippen LogP contribution in [0.3, 0.4) is 0 Å². The molecular formula is C22H31N5O. The molecule has 2 aliphatic rings. The maximum absolute atomic E-state index is 11.8. The number of hydrogen-bond acceptors (Lipinski definition) is 4. The molecule has 2 aliphatic heterocycles. The predicted octanol–water partition coefficient (Wildman–Crippen LogP) is 2.68. The van der Waals surface area contributed by atoms with Gasteiger partial charge < -0.3 is 9.47 Å². The zero-order chi connectivity index (χ0) is 19.7. The molecule has 28 heavy (non-hydrogen) atoms. The largest absolute Gasteiger partial charge is 0.342 e. The summed E-state index contributed by atoms with van der Waals surface area (Å²) in [6, 6.07) is 6.78. The second-order valence-electron chi connectivity index (χ2n) is 8.38. The van der Waals surface area contributed by atoms with Crippen LogP contribution < -0.4 is 0 Å². The van der Waals surface area contributed by atoms with E-state index in [1.54, 1.807) is 6.92 Å². The van der Waals surface area contributed by atoms with E-state index in [0.29, 0.717) is 5.92 Å². The molecule has 3 heterocycles. The van der Waals surface area contributed by atoms with Crippen molar-refractivity contribution in [2.75, 3.05) is 26.2 Å². The Bertz CT molecular complexity index is 859. The van der Waals surface area contributed by atoms with Crippen LogP contribution in [0, 0.1) is 13.8 Å². The first-order chi connectivity index (χ1) is 13.5. The van der Waals surface area contributed by atoms with E-state index in [1.807, 2.05) is 4.90 Å². The maximum atomic E-state index is 11.8. The molecule has 1 atom stereocenters. The highest BCUT2D eigenvalue weighted by molar-refractivity contribution is 5.73. The van der Waals surface area contributed by atoms with Crippen molar-refractivity contribution in [2.45, 2.75) is 59.0 Å². The average Bonchev–Trinajstić information content (AvgIpc) is 2.99. The number of amides is 1. The summed E-state index contributed by atoms with van der Waals surface area (Å²) in [5.41, 5.74) is 4.09. The lowest BCUT2D eigenvalue weighted by molar-refractivity contribution is -0.130. The van der Waals surface area contributed by atoms with Crippen LogP contribution in [0.15, 0.2) is 18.2 Å². The molecule has 1 amide bonds. The van der Waals surface area contributed by atoms with Gasteiger partial charge in [-0.2, -0.15) is 0 Å². The van der Waals surface area contributed by atoms with Gasteiger partial charge in [0, 0.05) is 58.5 Å². The van der Waals surface area contributed by atoms with Gasteiger partial charge >= 0.3 is 0 Å². The van der Waals surface area contributed by atoms with Gasteiger partial charge in [-0.15, -0.1) is 10.2 Å². The first kappa shape index (κ1) is 19.1. The van der Waals surface area contributed by atoms with Crippen molar-refractivity contribution in [1.29, 1.82) is 0 Å². The fourth-order valence-corrected chi connectivity index (χ4v) is 4.48. The quantitative estimate of drug-likeness (QED) is 0.820. The van der Waals surface area contributed by atoms with E-state index in [-0.39, 0.29) is 5.91 Å². The number of hydrogen-bond donors (Lipinski definition) is 0. The van der Waals surface area contributed by atoms with Crippen molar-refractivity contribution in [2.24, 2.45) is 0 Å². The first-order valence-electron chi connectivity index (χ1n) is 10.5. The summed E-state index contributed by atoms with van der Waals surface area (Å²) in [6.45, 7) is 11.6. The van der Waals surface area contributed by atoms with E-state index in [0.717, 1.165) is 70.2 Å². The lowest BCUT2D eigenvalue weighted by Gasteiger charge is -2.31. The van der Waals surface area contributed by atoms with Gasteiger partial charge in [-0.1, -0.05) is 18.2 Å². The lowest BCUT2D eigenvalue weighted by Crippen LogP contribution is -2.38. The van der Waals surface area contributed by atoms with E-state index in [2.05, 4.69) is 51.7 Å². The molecule has 1 aromatic heterocycles. The highest BCUT2D eigenvalue weighted by atomic mass is 16.2. The number of likely N-dealkylation sites (tertiary alicyclic amines) is 1. The van der Waals surface area contributed by atoms with Crippen LogP contribution in [-0.2, 0) is 24.3 Å². The Labute approximate surface area is 167 Å². The third-order valence-corrected chi connectivity index (χ3v) is 6.36. The summed E-state index contributed by atoms with van der Waals surface area (Å²) in [6.07, 6.45) is 3.07. The topological polar surface area (TPSA) is 54.3 Å². The third-order valence-electron chi connectivity index (χ3n) is 6.36. The number of benzene rings is 1. The molecule has 0 N–H and O–H groups in total. The minimum absolute atomic E-state index is 0.167. The van der Waals surface area contributed by atoms with E-state index >= 15 is 0 Å². The van der Waals surface area contributed by atoms with Gasteiger partial charge in [-0.05, 0) is 43.4 Å². The molecule has 1 aromatic carbocycles. The normalized spacial score (nSPS) is 20.7. The molecule has 6 heteroatoms. The van der Waals surface area contributed by atoms with Gasteiger partial charge in [0.15, 0.2) is 0 Å². The van der Waals surface area contributed by atoms with Crippen LogP contribution in [0.1, 0.15) is 54.0 Å². The highest BCUT2D eigenvalue weighted by Gasteiger charge is 2.29. The number of aromatic nitrogens is 3. The van der Waals surface area contributed by atoms with Crippen molar-refractivity contribution in [1.82, 2.24) is 24.6 Å². The molecule has 6 nitrogen and oxygen atoms in total. The minimum Gasteiger partial charge on any atom is -0.342 e. The number of fused-ring (bicyclic) bond motifs is 1. The molecule has 0 aliphatic carbocycles. The van der Waals surface area contributed by atoms with E-state index in [9.17, 15) is 4.79 Å². The Morgan fingerprint density at radius 2 is 1.96 bits per heavy atom. The molecule has 1 fully saturated rings. The van der Waals surface area contributed by atoms with Crippen molar-refractivity contribution in [3.63, 3.8) is 0 Å². The fraction of sp³-hybridized carbons (Fsp3) is 0.591. The van der Waals surface area contributed by atoms with Crippen molar-refractivity contribution in [3.05, 3.63) is 46.5 Å². The number of aryl methyl sites for hydroxylation is 2. The van der Waals surface area contributed by atoms with Gasteiger partial charge in [0.25, 0.3) is 0 Å². The summed E-state index contributed by atoms with van der Waals surface area (Å²) >= 11 is 0. The highest BCUT2D eigenvalue weighted by Crippen LogP contribution is 2.27. The second-order valence-corrected chi connectivity index (χ2v) is 8.38. The second kappa shape index (κ2) is 8.03. The third kappa shape index (κ3) is 3.97. The summed E-state index contributed by atoms with van der Waals surface area (Å²) in [5.74, 6) is 2.65. The Balaban J connectivity index is 1.45. The van der Waals surface area contributed by atoms with Crippen molar-refractivity contribution in [3.8, 4) is 0 Å². The van der Waals surface area contributed by atoms with Gasteiger partial charge in [0.2, 0.25) is 5.91 Å². The summed E-state index contributed by atoms with van der Waals surface area (Å²) in [4.78, 5) is 16.3. The molecule has 0 radical (unpaired) electrons. The van der Waals surface area contributed by atoms with E-state index < -0.39 is 0 Å². The van der Waals surface area contributed by atoms with E-state index in [1.165, 1.54) is 16.7 Å². The molecule has 2 aromatic rings. The van der Waals surface area contributed by atoms with Crippen LogP contribution in [0.25, 0.3) is 0 Å². The Kier molecular flexibility index (Phi) is 5.49. The smallest absolute Gasteiger partial charge is 0.219 e. The van der Waals surface area contributed by atoms with Gasteiger partial charge in [-0.25, -0.2) is 0 Å². The summed E-state index contributed by atoms with van der Waals surface area (Å²) in [5, 5.41) is 9.06. The first-order valence-corrected chi connectivity index (χ1v) is 10.5. The monoisotopic (exact) mass is 381 g/mol. The molecule has 0 saturated carbocycles. The summed E-state index contributed by atoms with van der Waals surface area (Å²) in [7, 11) is 0. The number of nitrogens with zero attached hydrogens (tertiary/aromatic N) is 5. The molecule has 1 unspecified atom stereocenters. The van der Waals surface area contributed by atoms with Crippen LogP contribution >= 0.6 is 0 Å². The molecular weight excluding hydrogens is 350 g/mol. The van der Waals surface area contributed by atoms with E-state index in [4.69, 9.17) is 0 Å². The zero-order valence-corrected chi connectivity index (χ0v) is 17.3. The standard InChI is InChI=1S/C22H31N5O/c1-16-6-7-19(13-17(16)2)14-25-10-8-21-23-24-22(27(21)12-11-25)20-5-4-9-26(15-20)18(3)28/h6-7,13,20H,4-5,8-12,14-15H2,1-3H3. The Morgan fingerprint density at radius 3 is 2.75 bits per heavy atom. The SMILES string of the molecule is CC(=O)N1CCCC(c2nnc3n2CCN(Cc2ccc(C)c(C)c2)CC3)C1. The Hall–Kier alpha value is -2.21. The summed E-state index contributed by atoms with van der Waals surface area (Å²) < 4.78 is 2.33. The Morgan fingerprint density at radius 1 is 1.11 bits per heavy atom. The molecule has 0 spiro atoms. The van der Waals surface area contributed by atoms with Crippen molar-refractivity contribution >= 4 is 5.91 Å². The van der Waals surface area contributed by atoms with Crippen LogP contribution in [-0.4, -0.2) is 56.7 Å². The van der Waals surface area contributed by atoms with Gasteiger partial charge in [-0.3, -0.25) is 9.69 Å². The number of piperidine rings is 1. The van der Waals surface area contributed by atoms with Gasteiger partial charge in [0.1, 0.15) is 11.6 Å². The molecule has 150 valence electrons. The van der Waals surface area contributed by atoms with Crippen LogP contribution in [0.5, 0.6) is 0 Å². The minimum atomic E-state index is 0.167. The maximum Gasteiger partial charge on any atom is 0.219 e. The zero-order valence-electron chi connectivity index (χ0n) is 17.3. The van der Waals surface area contributed by atoms with Crippen molar-refractivity contribution < 1.29 is 4.79 Å². The van der Waals surface area contributed by atoms with Crippen LogP contribution in [0.2, 0.25) is 0 Å². The number of carbonyl (C=O) groups excluding carboxylic acids is 1. The molecule has 0 bridgehead atoms. The van der Waals surface area contributed by atoms with Crippen LogP contribution in [0.4, 0.5) is 0 Å². The predicted molar refractivity (Wildman–Crippen MR) is 109 cm³/mol. The molecule has 1 saturated heterocycles. The molecule has 4 rings (SSSR count). The lowest BCUT2D eigenvalue weighted by atomic mass is 9.97. The van der Waals surface area contributed by atoms with Gasteiger partial charge in [0.05, 0.1) is 0 Å². The fourth-order valence-electron chi connectivity index (χ4n) is 4.48. The number of rotatable bonds is 3. The average molecular weight is 382 g/mol. The number of carbonyl (C=O) groups is 1.